The van der Waals surface area contributed by atoms with Gasteiger partial charge in [-0.05, 0) is 29.2 Å². The van der Waals surface area contributed by atoms with Crippen LogP contribution >= 0.6 is 0 Å². The topological polar surface area (TPSA) is 73.9 Å². The first kappa shape index (κ1) is 23.4. The summed E-state index contributed by atoms with van der Waals surface area (Å²) in [5, 5.41) is 2.44. The molecule has 1 N–H and O–H groups in total. The molecule has 1 atom stereocenters. The van der Waals surface area contributed by atoms with E-state index in [-0.39, 0.29) is 12.0 Å². The number of esters is 1. The molecule has 0 bridgehead atoms. The monoisotopic (exact) mass is 423 g/mol. The summed E-state index contributed by atoms with van der Waals surface area (Å²) in [6, 6.07) is 9.83. The average Bonchev–Trinajstić information content (AvgIpc) is 2.74. The Labute approximate surface area is 172 Å². The number of amides is 1. The zero-order valence-corrected chi connectivity index (χ0v) is 16.7. The number of carbonyl (C=O) groups is 2. The molecule has 10 heteroatoms. The van der Waals surface area contributed by atoms with E-state index in [9.17, 15) is 22.8 Å². The summed E-state index contributed by atoms with van der Waals surface area (Å²) in [6.07, 6.45) is -4.50. The highest BCUT2D eigenvalue weighted by Gasteiger charge is 2.31. The summed E-state index contributed by atoms with van der Waals surface area (Å²) in [6.45, 7) is 0. The maximum Gasteiger partial charge on any atom is 0.493 e. The minimum absolute atomic E-state index is 0.0856. The van der Waals surface area contributed by atoms with Crippen molar-refractivity contribution in [2.24, 2.45) is 0 Å². The van der Waals surface area contributed by atoms with Gasteiger partial charge in [0.15, 0.2) is 0 Å². The Morgan fingerprint density at radius 2 is 1.67 bits per heavy atom. The van der Waals surface area contributed by atoms with E-state index >= 15 is 0 Å². The van der Waals surface area contributed by atoms with Crippen LogP contribution in [-0.2, 0) is 31.4 Å². The van der Waals surface area contributed by atoms with E-state index in [2.05, 4.69) is 5.32 Å². The quantitative estimate of drug-likeness (QED) is 0.521. The molecular weight excluding hydrogens is 402 g/mol. The van der Waals surface area contributed by atoms with Crippen LogP contribution < -0.4 is 10.8 Å². The minimum atomic E-state index is -4.58. The number of carbonyl (C=O) groups excluding carboxylic acids is 2. The van der Waals surface area contributed by atoms with Gasteiger partial charge in [0.1, 0.15) is 6.04 Å². The molecule has 0 unspecified atom stereocenters. The van der Waals surface area contributed by atoms with Gasteiger partial charge in [0, 0.05) is 26.2 Å². The van der Waals surface area contributed by atoms with E-state index in [1.165, 1.54) is 20.3 Å². The van der Waals surface area contributed by atoms with E-state index in [0.29, 0.717) is 5.56 Å². The average molecular weight is 423 g/mol. The summed E-state index contributed by atoms with van der Waals surface area (Å²) >= 11 is 0. The second-order valence-corrected chi connectivity index (χ2v) is 6.38. The fraction of sp³-hybridized carbons (Fsp3) is 0.300. The number of halogens is 3. The highest BCUT2D eigenvalue weighted by Crippen LogP contribution is 2.29. The van der Waals surface area contributed by atoms with Gasteiger partial charge in [0.2, 0.25) is 0 Å². The molecule has 0 fully saturated rings. The number of benzene rings is 2. The molecule has 2 aromatic rings. The molecule has 30 heavy (non-hydrogen) atoms. The Morgan fingerprint density at radius 1 is 1.03 bits per heavy atom. The van der Waals surface area contributed by atoms with Crippen LogP contribution in [0.15, 0.2) is 48.5 Å². The van der Waals surface area contributed by atoms with Gasteiger partial charge in [-0.1, -0.05) is 30.3 Å². The highest BCUT2D eigenvalue weighted by molar-refractivity contribution is 6.61. The molecule has 0 aliphatic heterocycles. The first-order valence-corrected chi connectivity index (χ1v) is 8.90. The molecule has 0 spiro atoms. The van der Waals surface area contributed by atoms with Crippen molar-refractivity contribution in [3.05, 3.63) is 65.2 Å². The summed E-state index contributed by atoms with van der Waals surface area (Å²) < 4.78 is 53.7. The molecule has 0 heterocycles. The van der Waals surface area contributed by atoms with Crippen molar-refractivity contribution in [1.29, 1.82) is 0 Å². The fourth-order valence-electron chi connectivity index (χ4n) is 2.83. The van der Waals surface area contributed by atoms with Crippen molar-refractivity contribution in [3.63, 3.8) is 0 Å². The van der Waals surface area contributed by atoms with Crippen LogP contribution in [0.3, 0.4) is 0 Å². The van der Waals surface area contributed by atoms with E-state index < -0.39 is 36.8 Å². The molecule has 6 nitrogen and oxygen atoms in total. The van der Waals surface area contributed by atoms with Crippen molar-refractivity contribution >= 4 is 24.5 Å². The predicted molar refractivity (Wildman–Crippen MR) is 104 cm³/mol. The smallest absolute Gasteiger partial charge is 0.467 e. The molecule has 2 aromatic carbocycles. The number of rotatable bonds is 8. The molecule has 160 valence electrons. The molecule has 0 radical (unpaired) electrons. The molecule has 0 saturated heterocycles. The Balaban J connectivity index is 2.17. The van der Waals surface area contributed by atoms with Gasteiger partial charge in [-0.2, -0.15) is 13.2 Å². The summed E-state index contributed by atoms with van der Waals surface area (Å²) in [4.78, 5) is 24.6. The Bertz CT molecular complexity index is 869. The lowest BCUT2D eigenvalue weighted by molar-refractivity contribution is -0.143. The third-order valence-corrected chi connectivity index (χ3v) is 4.36. The third-order valence-electron chi connectivity index (χ3n) is 4.36. The van der Waals surface area contributed by atoms with Gasteiger partial charge in [0.05, 0.1) is 12.7 Å². The maximum absolute atomic E-state index is 12.9. The van der Waals surface area contributed by atoms with Crippen molar-refractivity contribution < 1.29 is 36.8 Å². The Hall–Kier alpha value is -2.85. The number of ether oxygens (including phenoxy) is 1. The van der Waals surface area contributed by atoms with Crippen LogP contribution in [-0.4, -0.2) is 46.4 Å². The normalized spacial score (nSPS) is 12.2. The first-order chi connectivity index (χ1) is 14.2. The largest absolute Gasteiger partial charge is 0.493 e. The van der Waals surface area contributed by atoms with E-state index in [1.54, 1.807) is 24.3 Å². The number of alkyl halides is 3. The Kier molecular flexibility index (Phi) is 8.02. The number of methoxy groups -OCH3 is 1. The molecule has 2 rings (SSSR count). The predicted octanol–water partition coefficient (Wildman–Crippen LogP) is 2.21. The first-order valence-electron chi connectivity index (χ1n) is 8.90. The van der Waals surface area contributed by atoms with Gasteiger partial charge >= 0.3 is 19.3 Å². The lowest BCUT2D eigenvalue weighted by atomic mass is 9.78. The van der Waals surface area contributed by atoms with Crippen molar-refractivity contribution in [2.75, 3.05) is 21.3 Å². The molecule has 1 amide bonds. The van der Waals surface area contributed by atoms with Crippen molar-refractivity contribution in [3.8, 4) is 0 Å². The van der Waals surface area contributed by atoms with Gasteiger partial charge in [-0.15, -0.1) is 0 Å². The molecule has 0 aliphatic carbocycles. The fourth-order valence-corrected chi connectivity index (χ4v) is 2.83. The zero-order valence-electron chi connectivity index (χ0n) is 16.7. The summed E-state index contributed by atoms with van der Waals surface area (Å²) in [5.74, 6) is -1.53. The number of hydrogen-bond acceptors (Lipinski definition) is 5. The van der Waals surface area contributed by atoms with Crippen LogP contribution in [0.25, 0.3) is 0 Å². The van der Waals surface area contributed by atoms with Gasteiger partial charge in [0.25, 0.3) is 5.91 Å². The van der Waals surface area contributed by atoms with Crippen LogP contribution in [0.1, 0.15) is 21.5 Å². The standard InChI is InChI=1S/C20H21BF3NO5/c1-28-19(27)17(11-13-7-9-16(10-8-13)21(29-2)30-3)25-18(26)14-5-4-6-15(12-14)20(22,23)24/h4-10,12,17H,11H2,1-3H3,(H,25,26)/t17-/m1/s1. The van der Waals surface area contributed by atoms with Gasteiger partial charge in [-0.3, -0.25) is 4.79 Å². The summed E-state index contributed by atoms with van der Waals surface area (Å²) in [5.41, 5.74) is 0.291. The second kappa shape index (κ2) is 10.3. The van der Waals surface area contributed by atoms with E-state index in [1.807, 2.05) is 0 Å². The van der Waals surface area contributed by atoms with Gasteiger partial charge in [-0.25, -0.2) is 4.79 Å². The SMILES string of the molecule is COB(OC)c1ccc(C[C@@H](NC(=O)c2cccc(C(F)(F)F)c2)C(=O)OC)cc1. The van der Waals surface area contributed by atoms with Crippen LogP contribution in [0.4, 0.5) is 13.2 Å². The van der Waals surface area contributed by atoms with Crippen LogP contribution in [0.5, 0.6) is 0 Å². The lowest BCUT2D eigenvalue weighted by Gasteiger charge is -2.17. The maximum atomic E-state index is 12.9. The third kappa shape index (κ3) is 6.07. The molecule has 0 aromatic heterocycles. The molecule has 0 aliphatic rings. The van der Waals surface area contributed by atoms with Crippen LogP contribution in [0, 0.1) is 0 Å². The van der Waals surface area contributed by atoms with Crippen LogP contribution in [0.2, 0.25) is 0 Å². The summed E-state index contributed by atoms with van der Waals surface area (Å²) in [7, 11) is 3.62. The number of hydrogen-bond donors (Lipinski definition) is 1. The lowest BCUT2D eigenvalue weighted by Crippen LogP contribution is -2.43. The van der Waals surface area contributed by atoms with E-state index in [4.69, 9.17) is 14.0 Å². The van der Waals surface area contributed by atoms with Crippen molar-refractivity contribution in [1.82, 2.24) is 5.32 Å². The zero-order chi connectivity index (χ0) is 22.3. The minimum Gasteiger partial charge on any atom is -0.467 e. The Morgan fingerprint density at radius 3 is 2.20 bits per heavy atom. The van der Waals surface area contributed by atoms with E-state index in [0.717, 1.165) is 30.8 Å². The molecular formula is C20H21BF3NO5. The second-order valence-electron chi connectivity index (χ2n) is 6.38. The van der Waals surface area contributed by atoms with Crippen molar-refractivity contribution in [2.45, 2.75) is 18.6 Å². The van der Waals surface area contributed by atoms with Gasteiger partial charge < -0.3 is 19.4 Å². The number of nitrogens with one attached hydrogen (secondary N) is 1. The highest BCUT2D eigenvalue weighted by atomic mass is 19.4. The molecule has 0 saturated carbocycles.